The Balaban J connectivity index is 1.57. The smallest absolute Gasteiger partial charge is 0.485 e. The minimum absolute atomic E-state index is 0.144. The zero-order valence-corrected chi connectivity index (χ0v) is 14.0. The molecule has 1 atom stereocenters. The van der Waals surface area contributed by atoms with E-state index in [1.807, 2.05) is 6.07 Å². The largest absolute Gasteiger partial charge is 0.573 e. The molecule has 0 saturated carbocycles. The number of aromatic nitrogens is 1. The van der Waals surface area contributed by atoms with E-state index in [-0.39, 0.29) is 11.9 Å². The zero-order chi connectivity index (χ0) is 18.4. The summed E-state index contributed by atoms with van der Waals surface area (Å²) in [6, 6.07) is 9.53. The van der Waals surface area contributed by atoms with Crippen LogP contribution in [0.2, 0.25) is 0 Å². The van der Waals surface area contributed by atoms with Crippen LogP contribution < -0.4 is 9.47 Å². The monoisotopic (exact) mass is 368 g/mol. The summed E-state index contributed by atoms with van der Waals surface area (Å²) in [6.07, 6.45) is -1.50. The molecule has 5 nitrogen and oxygen atoms in total. The molecule has 2 heterocycles. The van der Waals surface area contributed by atoms with Crippen molar-refractivity contribution >= 4 is 0 Å². The molecule has 8 heteroatoms. The Hall–Kier alpha value is -2.32. The standard InChI is InChI=1S/C18H19F3N2O3/c19-18(20,21)26-15-5-3-14(4-6-15)11-23-8-9-24-13-17(12-23)25-16-2-1-7-22-10-16/h1-7,10,17H,8-9,11-13H2. The van der Waals surface area contributed by atoms with Crippen molar-refractivity contribution in [3.05, 3.63) is 54.4 Å². The number of ether oxygens (including phenoxy) is 3. The minimum Gasteiger partial charge on any atom is -0.485 e. The molecule has 1 saturated heterocycles. The summed E-state index contributed by atoms with van der Waals surface area (Å²) in [5, 5.41) is 0. The topological polar surface area (TPSA) is 43.8 Å². The second kappa shape index (κ2) is 8.37. The Labute approximate surface area is 149 Å². The van der Waals surface area contributed by atoms with Gasteiger partial charge in [0, 0.05) is 25.8 Å². The highest BCUT2D eigenvalue weighted by molar-refractivity contribution is 5.27. The molecule has 1 unspecified atom stereocenters. The molecular formula is C18H19F3N2O3. The Morgan fingerprint density at radius 2 is 1.96 bits per heavy atom. The number of rotatable bonds is 5. The molecule has 26 heavy (non-hydrogen) atoms. The third-order valence-corrected chi connectivity index (χ3v) is 3.82. The summed E-state index contributed by atoms with van der Waals surface area (Å²) in [5.74, 6) is 0.454. The Bertz CT molecular complexity index is 680. The summed E-state index contributed by atoms with van der Waals surface area (Å²) in [5.41, 5.74) is 0.890. The summed E-state index contributed by atoms with van der Waals surface area (Å²) in [4.78, 5) is 6.17. The van der Waals surface area contributed by atoms with Crippen LogP contribution in [0.15, 0.2) is 48.8 Å². The van der Waals surface area contributed by atoms with E-state index < -0.39 is 6.36 Å². The van der Waals surface area contributed by atoms with Gasteiger partial charge in [-0.15, -0.1) is 13.2 Å². The molecule has 1 aliphatic rings. The highest BCUT2D eigenvalue weighted by Crippen LogP contribution is 2.23. The fourth-order valence-corrected chi connectivity index (χ4v) is 2.72. The summed E-state index contributed by atoms with van der Waals surface area (Å²) >= 11 is 0. The molecule has 0 bridgehead atoms. The fourth-order valence-electron chi connectivity index (χ4n) is 2.72. The Morgan fingerprint density at radius 1 is 1.15 bits per heavy atom. The molecule has 1 aliphatic heterocycles. The Kier molecular flexibility index (Phi) is 5.95. The number of alkyl halides is 3. The van der Waals surface area contributed by atoms with Crippen LogP contribution in [0.3, 0.4) is 0 Å². The van der Waals surface area contributed by atoms with Gasteiger partial charge >= 0.3 is 6.36 Å². The second-order valence-corrected chi connectivity index (χ2v) is 5.93. The van der Waals surface area contributed by atoms with E-state index in [4.69, 9.17) is 9.47 Å². The van der Waals surface area contributed by atoms with E-state index in [0.29, 0.717) is 38.6 Å². The maximum atomic E-state index is 12.2. The van der Waals surface area contributed by atoms with Crippen molar-refractivity contribution in [2.24, 2.45) is 0 Å². The van der Waals surface area contributed by atoms with Gasteiger partial charge in [-0.2, -0.15) is 0 Å². The SMILES string of the molecule is FC(F)(F)Oc1ccc(CN2CCOCC(Oc3cccnc3)C2)cc1. The van der Waals surface area contributed by atoms with Gasteiger partial charge in [-0.1, -0.05) is 12.1 Å². The first-order chi connectivity index (χ1) is 12.5. The first-order valence-electron chi connectivity index (χ1n) is 8.19. The van der Waals surface area contributed by atoms with E-state index in [1.165, 1.54) is 12.1 Å². The van der Waals surface area contributed by atoms with Crippen LogP contribution in [-0.2, 0) is 11.3 Å². The van der Waals surface area contributed by atoms with Crippen LogP contribution in [0.25, 0.3) is 0 Å². The van der Waals surface area contributed by atoms with Gasteiger partial charge in [-0.3, -0.25) is 9.88 Å². The predicted octanol–water partition coefficient (Wildman–Crippen LogP) is 3.26. The van der Waals surface area contributed by atoms with E-state index >= 15 is 0 Å². The van der Waals surface area contributed by atoms with E-state index in [1.54, 1.807) is 30.6 Å². The average molecular weight is 368 g/mol. The lowest BCUT2D eigenvalue weighted by Gasteiger charge is -2.24. The van der Waals surface area contributed by atoms with Gasteiger partial charge in [0.2, 0.25) is 0 Å². The third-order valence-electron chi connectivity index (χ3n) is 3.82. The van der Waals surface area contributed by atoms with Gasteiger partial charge < -0.3 is 14.2 Å². The van der Waals surface area contributed by atoms with Gasteiger partial charge in [0.25, 0.3) is 0 Å². The molecule has 0 spiro atoms. The van der Waals surface area contributed by atoms with E-state index in [0.717, 1.165) is 5.56 Å². The quantitative estimate of drug-likeness (QED) is 0.811. The van der Waals surface area contributed by atoms with Crippen LogP contribution in [0, 0.1) is 0 Å². The summed E-state index contributed by atoms with van der Waals surface area (Å²) in [7, 11) is 0. The molecule has 140 valence electrons. The zero-order valence-electron chi connectivity index (χ0n) is 14.0. The maximum absolute atomic E-state index is 12.2. The minimum atomic E-state index is -4.68. The van der Waals surface area contributed by atoms with Gasteiger partial charge in [-0.25, -0.2) is 0 Å². The van der Waals surface area contributed by atoms with Gasteiger partial charge in [0.15, 0.2) is 0 Å². The van der Waals surface area contributed by atoms with Crippen LogP contribution in [-0.4, -0.2) is 48.7 Å². The number of pyridine rings is 1. The Morgan fingerprint density at radius 3 is 2.65 bits per heavy atom. The third kappa shape index (κ3) is 5.89. The number of halogens is 3. The normalized spacial score (nSPS) is 19.0. The molecule has 0 amide bonds. The lowest BCUT2D eigenvalue weighted by Crippen LogP contribution is -2.35. The van der Waals surface area contributed by atoms with Crippen molar-refractivity contribution in [2.45, 2.75) is 19.0 Å². The van der Waals surface area contributed by atoms with Crippen molar-refractivity contribution in [2.75, 3.05) is 26.3 Å². The highest BCUT2D eigenvalue weighted by atomic mass is 19.4. The van der Waals surface area contributed by atoms with Crippen molar-refractivity contribution in [1.82, 2.24) is 9.88 Å². The van der Waals surface area contributed by atoms with Crippen LogP contribution in [0.5, 0.6) is 11.5 Å². The molecule has 2 aromatic rings. The fraction of sp³-hybridized carbons (Fsp3) is 0.389. The average Bonchev–Trinajstić information content (AvgIpc) is 2.81. The molecule has 1 aromatic heterocycles. The van der Waals surface area contributed by atoms with Crippen LogP contribution in [0.1, 0.15) is 5.56 Å². The van der Waals surface area contributed by atoms with Gasteiger partial charge in [0.1, 0.15) is 17.6 Å². The van der Waals surface area contributed by atoms with Crippen molar-refractivity contribution < 1.29 is 27.4 Å². The lowest BCUT2D eigenvalue weighted by atomic mass is 10.2. The lowest BCUT2D eigenvalue weighted by molar-refractivity contribution is -0.274. The number of nitrogens with zero attached hydrogens (tertiary/aromatic N) is 2. The molecular weight excluding hydrogens is 349 g/mol. The summed E-state index contributed by atoms with van der Waals surface area (Å²) in [6.45, 7) is 3.00. The molecule has 3 rings (SSSR count). The maximum Gasteiger partial charge on any atom is 0.573 e. The first-order valence-corrected chi connectivity index (χ1v) is 8.19. The molecule has 0 aliphatic carbocycles. The number of benzene rings is 1. The second-order valence-electron chi connectivity index (χ2n) is 5.93. The highest BCUT2D eigenvalue weighted by Gasteiger charge is 2.31. The first kappa shape index (κ1) is 18.5. The number of hydrogen-bond acceptors (Lipinski definition) is 5. The van der Waals surface area contributed by atoms with Crippen molar-refractivity contribution in [3.8, 4) is 11.5 Å². The molecule has 1 aromatic carbocycles. The van der Waals surface area contributed by atoms with Gasteiger partial charge in [0.05, 0.1) is 19.4 Å². The molecule has 1 fully saturated rings. The summed E-state index contributed by atoms with van der Waals surface area (Å²) < 4.78 is 52.0. The van der Waals surface area contributed by atoms with Crippen LogP contribution in [0.4, 0.5) is 13.2 Å². The number of hydrogen-bond donors (Lipinski definition) is 0. The van der Waals surface area contributed by atoms with E-state index in [9.17, 15) is 13.2 Å². The van der Waals surface area contributed by atoms with E-state index in [2.05, 4.69) is 14.6 Å². The molecule has 0 radical (unpaired) electrons. The molecule has 0 N–H and O–H groups in total. The predicted molar refractivity (Wildman–Crippen MR) is 87.9 cm³/mol. The van der Waals surface area contributed by atoms with Gasteiger partial charge in [-0.05, 0) is 29.8 Å². The van der Waals surface area contributed by atoms with Crippen LogP contribution >= 0.6 is 0 Å². The van der Waals surface area contributed by atoms with Crippen molar-refractivity contribution in [1.29, 1.82) is 0 Å². The van der Waals surface area contributed by atoms with Crippen molar-refractivity contribution in [3.63, 3.8) is 0 Å².